The molecule has 0 saturated carbocycles. The molecule has 0 unspecified atom stereocenters. The van der Waals surface area contributed by atoms with Crippen LogP contribution >= 0.6 is 0 Å². The van der Waals surface area contributed by atoms with Crippen LogP contribution < -0.4 is 23.7 Å². The first-order valence-electron chi connectivity index (χ1n) is 16.2. The Bertz CT molecular complexity index is 1340. The summed E-state index contributed by atoms with van der Waals surface area (Å²) in [5, 5.41) is 0. The van der Waals surface area contributed by atoms with Crippen molar-refractivity contribution in [1.82, 2.24) is 0 Å². The van der Waals surface area contributed by atoms with E-state index in [9.17, 15) is 9.59 Å². The molecule has 0 amide bonds. The number of rotatable bonds is 26. The molecule has 0 N–H and O–H groups in total. The zero-order valence-corrected chi connectivity index (χ0v) is 27.5. The lowest BCUT2D eigenvalue weighted by Crippen LogP contribution is -2.09. The fourth-order valence-electron chi connectivity index (χ4n) is 4.24. The van der Waals surface area contributed by atoms with Gasteiger partial charge in [0, 0.05) is 6.08 Å². The highest BCUT2D eigenvalue weighted by atomic mass is 16.7. The lowest BCUT2D eigenvalue weighted by molar-refractivity contribution is -0.137. The third-order valence-corrected chi connectivity index (χ3v) is 6.84. The van der Waals surface area contributed by atoms with E-state index in [2.05, 4.69) is 13.2 Å². The number of hydrogen-bond acceptors (Lipinski definition) is 10. The second-order valence-corrected chi connectivity index (χ2v) is 10.5. The van der Waals surface area contributed by atoms with Crippen molar-refractivity contribution in [3.05, 3.63) is 104 Å². The summed E-state index contributed by atoms with van der Waals surface area (Å²) in [5.41, 5.74) is 0.411. The van der Waals surface area contributed by atoms with Crippen molar-refractivity contribution in [3.8, 4) is 28.7 Å². The number of benzene rings is 3. The Balaban J connectivity index is 1.25. The van der Waals surface area contributed by atoms with E-state index in [0.717, 1.165) is 63.2 Å². The van der Waals surface area contributed by atoms with E-state index >= 15 is 0 Å². The highest BCUT2D eigenvalue weighted by Crippen LogP contribution is 2.22. The zero-order chi connectivity index (χ0) is 34.1. The summed E-state index contributed by atoms with van der Waals surface area (Å²) in [6.45, 7) is 9.39. The van der Waals surface area contributed by atoms with E-state index in [0.29, 0.717) is 55.0 Å². The van der Waals surface area contributed by atoms with Gasteiger partial charge in [0.1, 0.15) is 28.7 Å². The molecule has 3 rings (SSSR count). The minimum atomic E-state index is -0.473. The van der Waals surface area contributed by atoms with Gasteiger partial charge in [0.2, 0.25) is 6.79 Å². The Labute approximate surface area is 283 Å². The van der Waals surface area contributed by atoms with Gasteiger partial charge >= 0.3 is 11.9 Å². The van der Waals surface area contributed by atoms with Crippen LogP contribution in [0, 0.1) is 0 Å². The smallest absolute Gasteiger partial charge is 0.343 e. The van der Waals surface area contributed by atoms with Crippen LogP contribution in [-0.2, 0) is 19.0 Å². The van der Waals surface area contributed by atoms with Crippen LogP contribution in [0.1, 0.15) is 61.7 Å². The first-order valence-corrected chi connectivity index (χ1v) is 16.2. The first kappa shape index (κ1) is 37.5. The number of carbonyl (C=O) groups excluding carboxylic acids is 2. The summed E-state index contributed by atoms with van der Waals surface area (Å²) in [7, 11) is 0. The monoisotopic (exact) mass is 662 g/mol. The largest absolute Gasteiger partial charge is 0.494 e. The summed E-state index contributed by atoms with van der Waals surface area (Å²) in [6, 6.07) is 21.0. The van der Waals surface area contributed by atoms with Crippen molar-refractivity contribution in [2.45, 2.75) is 51.4 Å². The van der Waals surface area contributed by atoms with E-state index in [1.807, 2.05) is 24.3 Å². The topological polar surface area (TPSA) is 108 Å². The summed E-state index contributed by atoms with van der Waals surface area (Å²) in [4.78, 5) is 23.6. The number of esters is 2. The summed E-state index contributed by atoms with van der Waals surface area (Å²) in [5.74, 6) is 2.22. The van der Waals surface area contributed by atoms with Gasteiger partial charge in [-0.05, 0) is 118 Å². The van der Waals surface area contributed by atoms with Crippen molar-refractivity contribution in [2.75, 3.05) is 40.0 Å². The van der Waals surface area contributed by atoms with Gasteiger partial charge in [0.05, 0.1) is 38.3 Å². The van der Waals surface area contributed by atoms with E-state index in [1.165, 1.54) is 6.26 Å². The van der Waals surface area contributed by atoms with Crippen LogP contribution in [0.15, 0.2) is 98.3 Å². The summed E-state index contributed by atoms with van der Waals surface area (Å²) < 4.78 is 43.5. The van der Waals surface area contributed by atoms with Crippen LogP contribution in [0.2, 0.25) is 0 Å². The van der Waals surface area contributed by atoms with Crippen LogP contribution in [-0.4, -0.2) is 52.0 Å². The minimum absolute atomic E-state index is 0.0183. The molecule has 0 aliphatic rings. The average molecular weight is 663 g/mol. The number of carbonyl (C=O) groups is 2. The van der Waals surface area contributed by atoms with Crippen LogP contribution in [0.3, 0.4) is 0 Å². The quantitative estimate of drug-likeness (QED) is 0.0209. The first-order chi connectivity index (χ1) is 23.6. The van der Waals surface area contributed by atoms with Crippen molar-refractivity contribution < 1.29 is 47.5 Å². The van der Waals surface area contributed by atoms with E-state index in [-0.39, 0.29) is 13.6 Å². The Morgan fingerprint density at radius 3 is 1.50 bits per heavy atom. The Hall–Kier alpha value is -4.96. The standard InChI is InChI=1S/C38H46O10/c1-3-37(39)45-28-12-8-7-11-26-43-32-15-13-31(14-16-32)38(40)48-36-23-21-35(22-24-36)47-30-46-34-19-17-33(18-20-34)44-27-10-6-5-9-25-42-29-41-4-2/h3-4,13-24H,1-2,5-12,25-30H2. The number of ether oxygens (including phenoxy) is 8. The Morgan fingerprint density at radius 1 is 0.521 bits per heavy atom. The maximum Gasteiger partial charge on any atom is 0.343 e. The van der Waals surface area contributed by atoms with Crippen LogP contribution in [0.4, 0.5) is 0 Å². The van der Waals surface area contributed by atoms with Gasteiger partial charge in [-0.2, -0.15) is 0 Å². The fourth-order valence-corrected chi connectivity index (χ4v) is 4.24. The molecule has 0 aliphatic carbocycles. The van der Waals surface area contributed by atoms with E-state index in [4.69, 9.17) is 37.9 Å². The molecule has 48 heavy (non-hydrogen) atoms. The van der Waals surface area contributed by atoms with Gasteiger partial charge in [-0.3, -0.25) is 0 Å². The third kappa shape index (κ3) is 16.0. The molecule has 0 radical (unpaired) electrons. The summed E-state index contributed by atoms with van der Waals surface area (Å²) in [6.07, 6.45) is 10.2. The molecule has 0 bridgehead atoms. The van der Waals surface area contributed by atoms with Crippen molar-refractivity contribution >= 4 is 11.9 Å². The normalized spacial score (nSPS) is 10.4. The lowest BCUT2D eigenvalue weighted by atomic mass is 10.2. The third-order valence-electron chi connectivity index (χ3n) is 6.84. The van der Waals surface area contributed by atoms with Gasteiger partial charge < -0.3 is 37.9 Å². The van der Waals surface area contributed by atoms with E-state index < -0.39 is 11.9 Å². The van der Waals surface area contributed by atoms with Gasteiger partial charge in [-0.25, -0.2) is 9.59 Å². The van der Waals surface area contributed by atoms with Crippen molar-refractivity contribution in [1.29, 1.82) is 0 Å². The lowest BCUT2D eigenvalue weighted by Gasteiger charge is -2.11. The molecule has 0 spiro atoms. The Morgan fingerprint density at radius 2 is 0.979 bits per heavy atom. The molecule has 0 aliphatic heterocycles. The highest BCUT2D eigenvalue weighted by Gasteiger charge is 2.09. The van der Waals surface area contributed by atoms with Crippen LogP contribution in [0.5, 0.6) is 28.7 Å². The molecule has 0 heterocycles. The second kappa shape index (κ2) is 23.4. The number of unbranched alkanes of at least 4 members (excludes halogenated alkanes) is 6. The molecule has 0 aromatic heterocycles. The van der Waals surface area contributed by atoms with Gasteiger partial charge in [0.25, 0.3) is 0 Å². The number of hydrogen-bond donors (Lipinski definition) is 0. The molecule has 3 aromatic carbocycles. The average Bonchev–Trinajstić information content (AvgIpc) is 3.11. The molecule has 10 heteroatoms. The van der Waals surface area contributed by atoms with Gasteiger partial charge in [-0.15, -0.1) is 0 Å². The Kier molecular flexibility index (Phi) is 18.3. The predicted molar refractivity (Wildman–Crippen MR) is 182 cm³/mol. The van der Waals surface area contributed by atoms with Crippen molar-refractivity contribution in [2.24, 2.45) is 0 Å². The maximum absolute atomic E-state index is 12.6. The maximum atomic E-state index is 12.6. The molecular formula is C38H46O10. The molecule has 0 fully saturated rings. The minimum Gasteiger partial charge on any atom is -0.494 e. The molecular weight excluding hydrogens is 616 g/mol. The SMILES string of the molecule is C=COCOCCCCCCOc1ccc(OCOc2ccc(OC(=O)c3ccc(OCCCCCCOC(=O)C=C)cc3)cc2)cc1. The molecule has 3 aromatic rings. The highest BCUT2D eigenvalue weighted by molar-refractivity contribution is 5.91. The molecule has 10 nitrogen and oxygen atoms in total. The zero-order valence-electron chi connectivity index (χ0n) is 27.5. The van der Waals surface area contributed by atoms with Crippen molar-refractivity contribution in [3.63, 3.8) is 0 Å². The summed E-state index contributed by atoms with van der Waals surface area (Å²) >= 11 is 0. The van der Waals surface area contributed by atoms with Gasteiger partial charge in [0.15, 0.2) is 6.79 Å². The second-order valence-electron chi connectivity index (χ2n) is 10.5. The molecule has 0 atom stereocenters. The van der Waals surface area contributed by atoms with E-state index in [1.54, 1.807) is 48.5 Å². The fraction of sp³-hybridized carbons (Fsp3) is 0.368. The van der Waals surface area contributed by atoms with Crippen LogP contribution in [0.25, 0.3) is 0 Å². The molecule has 0 saturated heterocycles. The van der Waals surface area contributed by atoms with Gasteiger partial charge in [-0.1, -0.05) is 19.6 Å². The predicted octanol–water partition coefficient (Wildman–Crippen LogP) is 8.06. The molecule has 258 valence electrons.